The second-order valence-corrected chi connectivity index (χ2v) is 8.90. The monoisotopic (exact) mass is 459 g/mol. The van der Waals surface area contributed by atoms with Gasteiger partial charge in [-0.1, -0.05) is 44.5 Å². The number of hydrogen-bond acceptors (Lipinski definition) is 5. The van der Waals surface area contributed by atoms with Gasteiger partial charge < -0.3 is 14.7 Å². The minimum Gasteiger partial charge on any atom is -0.458 e. The molecule has 1 N–H and O–H groups in total. The van der Waals surface area contributed by atoms with Crippen LogP contribution in [0.2, 0.25) is 5.02 Å². The summed E-state index contributed by atoms with van der Waals surface area (Å²) in [5, 5.41) is 14.7. The molecule has 2 atom stereocenters. The molecule has 2 aromatic rings. The number of aromatic nitrogens is 2. The molecule has 0 aliphatic carbocycles. The van der Waals surface area contributed by atoms with Crippen LogP contribution in [-0.2, 0) is 22.6 Å². The molecule has 0 spiro atoms. The largest absolute Gasteiger partial charge is 0.458 e. The van der Waals surface area contributed by atoms with Gasteiger partial charge in [0, 0.05) is 12.3 Å². The minimum absolute atomic E-state index is 0.0688. The minimum atomic E-state index is -0.572. The number of Topliss-reactive ketones (excluding diaryl/α,β-unsaturated/α-hetero) is 1. The Bertz CT molecular complexity index is 985. The van der Waals surface area contributed by atoms with E-state index in [0.717, 1.165) is 0 Å². The van der Waals surface area contributed by atoms with Crippen LogP contribution in [0, 0.1) is 5.92 Å². The average Bonchev–Trinajstić information content (AvgIpc) is 3.33. The maximum absolute atomic E-state index is 13.2. The van der Waals surface area contributed by atoms with Gasteiger partial charge in [0.15, 0.2) is 5.78 Å². The van der Waals surface area contributed by atoms with E-state index in [4.69, 9.17) is 16.3 Å². The molecule has 0 bridgehead atoms. The van der Waals surface area contributed by atoms with Crippen molar-refractivity contribution in [3.05, 3.63) is 59.1 Å². The van der Waals surface area contributed by atoms with Crippen molar-refractivity contribution in [1.29, 1.82) is 0 Å². The van der Waals surface area contributed by atoms with Crippen LogP contribution in [0.5, 0.6) is 5.75 Å². The van der Waals surface area contributed by atoms with Crippen molar-refractivity contribution >= 4 is 23.3 Å². The van der Waals surface area contributed by atoms with Gasteiger partial charge >= 0.3 is 0 Å². The number of aliphatic hydroxyl groups excluding tert-OH is 1. The van der Waals surface area contributed by atoms with Crippen LogP contribution in [-0.4, -0.2) is 50.2 Å². The summed E-state index contributed by atoms with van der Waals surface area (Å²) in [7, 11) is 0. The quantitative estimate of drug-likeness (QED) is 0.554. The number of carbonyl (C=O) groups is 2. The Hall–Kier alpha value is -2.64. The van der Waals surface area contributed by atoms with E-state index in [1.165, 1.54) is 6.08 Å². The summed E-state index contributed by atoms with van der Waals surface area (Å²) < 4.78 is 7.47. The number of nitrogens with zero attached hydrogens (tertiary/aromatic N) is 3. The first-order chi connectivity index (χ1) is 15.3. The number of hydrogen-bond donors (Lipinski definition) is 1. The molecule has 1 aliphatic rings. The Morgan fingerprint density at radius 3 is 2.72 bits per heavy atom. The molecule has 1 aromatic heterocycles. The maximum atomic E-state index is 13.2. The Morgan fingerprint density at radius 2 is 2.03 bits per heavy atom. The highest BCUT2D eigenvalue weighted by molar-refractivity contribution is 6.32. The zero-order valence-electron chi connectivity index (χ0n) is 18.7. The van der Waals surface area contributed by atoms with Crippen LogP contribution in [0.4, 0.5) is 0 Å². The first-order valence-electron chi connectivity index (χ1n) is 10.9. The fraction of sp³-hybridized carbons (Fsp3) is 0.458. The molecule has 1 aromatic carbocycles. The van der Waals surface area contributed by atoms with Crippen LogP contribution in [0.15, 0.2) is 48.4 Å². The SMILES string of the molecule is CC[C@H](O)Cn1ccc(CC(=O)[C@H](CC(C)C)N2CC(Oc3ccccc3Cl)=CC2=O)n1. The van der Waals surface area contributed by atoms with Crippen molar-refractivity contribution in [2.75, 3.05) is 6.54 Å². The molecule has 1 amide bonds. The first kappa shape index (κ1) is 24.0. The van der Waals surface area contributed by atoms with E-state index >= 15 is 0 Å². The van der Waals surface area contributed by atoms with Crippen molar-refractivity contribution in [2.45, 2.75) is 58.7 Å². The third kappa shape index (κ3) is 6.20. The molecule has 0 saturated heterocycles. The van der Waals surface area contributed by atoms with Gasteiger partial charge in [0.2, 0.25) is 0 Å². The van der Waals surface area contributed by atoms with Crippen LogP contribution < -0.4 is 4.74 Å². The number of amides is 1. The number of para-hydroxylation sites is 1. The molecule has 1 aliphatic heterocycles. The van der Waals surface area contributed by atoms with E-state index in [9.17, 15) is 14.7 Å². The number of ketones is 1. The topological polar surface area (TPSA) is 84.7 Å². The molecule has 32 heavy (non-hydrogen) atoms. The Labute approximate surface area is 193 Å². The van der Waals surface area contributed by atoms with Gasteiger partial charge in [0.25, 0.3) is 5.91 Å². The fourth-order valence-corrected chi connectivity index (χ4v) is 3.80. The van der Waals surface area contributed by atoms with E-state index in [-0.39, 0.29) is 30.6 Å². The number of benzene rings is 1. The van der Waals surface area contributed by atoms with Crippen molar-refractivity contribution in [1.82, 2.24) is 14.7 Å². The normalized spacial score (nSPS) is 15.8. The lowest BCUT2D eigenvalue weighted by molar-refractivity contribution is -0.135. The van der Waals surface area contributed by atoms with Crippen LogP contribution >= 0.6 is 11.6 Å². The van der Waals surface area contributed by atoms with Gasteiger partial charge in [0.05, 0.1) is 42.4 Å². The van der Waals surface area contributed by atoms with Crippen LogP contribution in [0.1, 0.15) is 39.3 Å². The average molecular weight is 460 g/mol. The molecule has 0 unspecified atom stereocenters. The second kappa shape index (κ2) is 10.8. The van der Waals surface area contributed by atoms with E-state index in [1.54, 1.807) is 46.1 Å². The molecular weight excluding hydrogens is 430 g/mol. The number of rotatable bonds is 11. The van der Waals surface area contributed by atoms with Gasteiger partial charge in [-0.25, -0.2) is 0 Å². The zero-order chi connectivity index (χ0) is 23.3. The number of carbonyl (C=O) groups excluding carboxylic acids is 2. The molecule has 3 rings (SSSR count). The molecular formula is C24H30ClN3O4. The van der Waals surface area contributed by atoms with Gasteiger partial charge in [-0.3, -0.25) is 14.3 Å². The van der Waals surface area contributed by atoms with E-state index in [1.807, 2.05) is 20.8 Å². The van der Waals surface area contributed by atoms with Crippen LogP contribution in [0.3, 0.4) is 0 Å². The zero-order valence-corrected chi connectivity index (χ0v) is 19.5. The second-order valence-electron chi connectivity index (χ2n) is 8.49. The lowest BCUT2D eigenvalue weighted by atomic mass is 9.96. The van der Waals surface area contributed by atoms with Gasteiger partial charge in [0.1, 0.15) is 11.5 Å². The lowest BCUT2D eigenvalue weighted by Crippen LogP contribution is -2.44. The number of aliphatic hydroxyl groups is 1. The highest BCUT2D eigenvalue weighted by atomic mass is 35.5. The van der Waals surface area contributed by atoms with Gasteiger partial charge in [-0.05, 0) is 37.0 Å². The molecule has 172 valence electrons. The molecule has 8 heteroatoms. The standard InChI is InChI=1S/C24H30ClN3O4/c1-4-18(29)14-27-10-9-17(26-27)12-22(30)21(11-16(2)3)28-15-19(13-24(28)31)32-23-8-6-5-7-20(23)25/h5-10,13,16,18,21,29H,4,11-12,14-15H2,1-3H3/t18-,21-/m0/s1. The first-order valence-corrected chi connectivity index (χ1v) is 11.3. The number of ether oxygens (including phenoxy) is 1. The third-order valence-electron chi connectivity index (χ3n) is 5.33. The smallest absolute Gasteiger partial charge is 0.251 e. The van der Waals surface area contributed by atoms with E-state index < -0.39 is 12.1 Å². The van der Waals surface area contributed by atoms with Crippen molar-refractivity contribution in [2.24, 2.45) is 5.92 Å². The summed E-state index contributed by atoms with van der Waals surface area (Å²) in [6.07, 6.45) is 4.01. The predicted molar refractivity (Wildman–Crippen MR) is 122 cm³/mol. The Morgan fingerprint density at radius 1 is 1.28 bits per heavy atom. The maximum Gasteiger partial charge on any atom is 0.251 e. The summed E-state index contributed by atoms with van der Waals surface area (Å²) in [5.74, 6) is 0.843. The van der Waals surface area contributed by atoms with Crippen molar-refractivity contribution < 1.29 is 19.4 Å². The highest BCUT2D eigenvalue weighted by Gasteiger charge is 2.34. The van der Waals surface area contributed by atoms with Gasteiger partial charge in [-0.2, -0.15) is 5.10 Å². The van der Waals surface area contributed by atoms with Crippen molar-refractivity contribution in [3.8, 4) is 5.75 Å². The summed E-state index contributed by atoms with van der Waals surface area (Å²) in [6, 6.07) is 8.27. The summed E-state index contributed by atoms with van der Waals surface area (Å²) in [5.41, 5.74) is 0.624. The highest BCUT2D eigenvalue weighted by Crippen LogP contribution is 2.28. The van der Waals surface area contributed by atoms with E-state index in [0.29, 0.717) is 41.6 Å². The molecule has 2 heterocycles. The number of halogens is 1. The summed E-state index contributed by atoms with van der Waals surface area (Å²) in [6.45, 7) is 6.55. The van der Waals surface area contributed by atoms with Gasteiger partial charge in [-0.15, -0.1) is 0 Å². The third-order valence-corrected chi connectivity index (χ3v) is 5.65. The van der Waals surface area contributed by atoms with E-state index in [2.05, 4.69) is 5.10 Å². The summed E-state index contributed by atoms with van der Waals surface area (Å²) in [4.78, 5) is 27.5. The molecule has 0 saturated carbocycles. The lowest BCUT2D eigenvalue weighted by Gasteiger charge is -2.28. The molecule has 0 fully saturated rings. The predicted octanol–water partition coefficient (Wildman–Crippen LogP) is 3.64. The fourth-order valence-electron chi connectivity index (χ4n) is 3.63. The summed E-state index contributed by atoms with van der Waals surface area (Å²) >= 11 is 6.16. The van der Waals surface area contributed by atoms with Crippen molar-refractivity contribution in [3.63, 3.8) is 0 Å². The molecule has 7 nitrogen and oxygen atoms in total. The van der Waals surface area contributed by atoms with Crippen LogP contribution in [0.25, 0.3) is 0 Å². The molecule has 0 radical (unpaired) electrons. The Balaban J connectivity index is 1.69. The Kier molecular flexibility index (Phi) is 8.10.